The molecule has 0 bridgehead atoms. The molecule has 0 spiro atoms. The Kier molecular flexibility index (Phi) is 4.00. The molecular formula is C16H19NO. The first kappa shape index (κ1) is 12.7. The second-order valence-corrected chi connectivity index (χ2v) is 4.58. The van der Waals surface area contributed by atoms with Crippen LogP contribution in [-0.2, 0) is 6.61 Å². The molecule has 0 saturated heterocycles. The lowest BCUT2D eigenvalue weighted by Gasteiger charge is -2.18. The molecule has 18 heavy (non-hydrogen) atoms. The van der Waals surface area contributed by atoms with Crippen LogP contribution in [0.1, 0.15) is 29.7 Å². The molecule has 1 unspecified atom stereocenters. The lowest BCUT2D eigenvalue weighted by atomic mass is 10.0. The largest absolute Gasteiger partial charge is 0.392 e. The molecule has 2 rings (SSSR count). The molecule has 2 aromatic carbocycles. The highest BCUT2D eigenvalue weighted by atomic mass is 16.3. The standard InChI is InChI=1S/C16H19NO/c1-12-6-3-4-9-16(12)17-13(2)15-8-5-7-14(10-15)11-18/h3-10,13,17-18H,11H2,1-2H3. The van der Waals surface area contributed by atoms with Crippen molar-refractivity contribution in [3.05, 3.63) is 65.2 Å². The number of aliphatic hydroxyl groups excluding tert-OH is 1. The number of hydrogen-bond donors (Lipinski definition) is 2. The Hall–Kier alpha value is -1.80. The maximum absolute atomic E-state index is 9.16. The predicted molar refractivity (Wildman–Crippen MR) is 75.6 cm³/mol. The molecule has 0 amide bonds. The Bertz CT molecular complexity index is 522. The van der Waals surface area contributed by atoms with Gasteiger partial charge >= 0.3 is 0 Å². The predicted octanol–water partition coefficient (Wildman–Crippen LogP) is 3.66. The van der Waals surface area contributed by atoms with Gasteiger partial charge in [-0.1, -0.05) is 42.5 Å². The second-order valence-electron chi connectivity index (χ2n) is 4.58. The molecule has 0 aromatic heterocycles. The number of aliphatic hydroxyl groups is 1. The van der Waals surface area contributed by atoms with Crippen LogP contribution in [0.2, 0.25) is 0 Å². The molecule has 0 aliphatic heterocycles. The van der Waals surface area contributed by atoms with E-state index in [1.807, 2.05) is 30.3 Å². The first-order valence-electron chi connectivity index (χ1n) is 6.22. The number of anilines is 1. The average molecular weight is 241 g/mol. The van der Waals surface area contributed by atoms with Crippen molar-refractivity contribution in [1.29, 1.82) is 0 Å². The summed E-state index contributed by atoms with van der Waals surface area (Å²) >= 11 is 0. The number of nitrogens with one attached hydrogen (secondary N) is 1. The summed E-state index contributed by atoms with van der Waals surface area (Å²) in [6.07, 6.45) is 0. The Labute approximate surface area is 108 Å². The van der Waals surface area contributed by atoms with E-state index in [9.17, 15) is 0 Å². The molecular weight excluding hydrogens is 222 g/mol. The smallest absolute Gasteiger partial charge is 0.0681 e. The van der Waals surface area contributed by atoms with E-state index in [2.05, 4.69) is 37.4 Å². The average Bonchev–Trinajstić information content (AvgIpc) is 2.41. The number of benzene rings is 2. The summed E-state index contributed by atoms with van der Waals surface area (Å²) < 4.78 is 0. The normalized spacial score (nSPS) is 12.2. The highest BCUT2D eigenvalue weighted by Crippen LogP contribution is 2.22. The third kappa shape index (κ3) is 2.90. The molecule has 0 heterocycles. The highest BCUT2D eigenvalue weighted by molar-refractivity contribution is 5.51. The van der Waals surface area contributed by atoms with E-state index in [4.69, 9.17) is 5.11 Å². The Balaban J connectivity index is 2.16. The summed E-state index contributed by atoms with van der Waals surface area (Å²) in [5.41, 5.74) is 4.53. The van der Waals surface area contributed by atoms with E-state index in [1.165, 1.54) is 11.1 Å². The molecule has 2 nitrogen and oxygen atoms in total. The van der Waals surface area contributed by atoms with Crippen LogP contribution < -0.4 is 5.32 Å². The third-order valence-electron chi connectivity index (χ3n) is 3.15. The van der Waals surface area contributed by atoms with Gasteiger partial charge in [-0.05, 0) is 36.6 Å². The first-order chi connectivity index (χ1) is 8.70. The van der Waals surface area contributed by atoms with Crippen LogP contribution in [0, 0.1) is 6.92 Å². The van der Waals surface area contributed by atoms with Crippen molar-refractivity contribution >= 4 is 5.69 Å². The molecule has 94 valence electrons. The van der Waals surface area contributed by atoms with Crippen molar-refractivity contribution in [2.75, 3.05) is 5.32 Å². The van der Waals surface area contributed by atoms with Crippen LogP contribution in [0.3, 0.4) is 0 Å². The molecule has 0 fully saturated rings. The van der Waals surface area contributed by atoms with Gasteiger partial charge in [0.05, 0.1) is 6.61 Å². The van der Waals surface area contributed by atoms with Crippen LogP contribution in [0.15, 0.2) is 48.5 Å². The SMILES string of the molecule is Cc1ccccc1NC(C)c1cccc(CO)c1. The summed E-state index contributed by atoms with van der Waals surface area (Å²) in [6.45, 7) is 4.31. The van der Waals surface area contributed by atoms with Crippen LogP contribution in [0.5, 0.6) is 0 Å². The number of rotatable bonds is 4. The monoisotopic (exact) mass is 241 g/mol. The zero-order valence-electron chi connectivity index (χ0n) is 10.9. The van der Waals surface area contributed by atoms with Crippen molar-refractivity contribution in [2.24, 2.45) is 0 Å². The molecule has 0 aliphatic carbocycles. The molecule has 0 saturated carbocycles. The van der Waals surface area contributed by atoms with Crippen LogP contribution in [0.25, 0.3) is 0 Å². The maximum atomic E-state index is 9.16. The van der Waals surface area contributed by atoms with E-state index in [0.717, 1.165) is 11.3 Å². The van der Waals surface area contributed by atoms with Gasteiger partial charge in [0.2, 0.25) is 0 Å². The topological polar surface area (TPSA) is 32.3 Å². The van der Waals surface area contributed by atoms with Crippen LogP contribution in [0.4, 0.5) is 5.69 Å². The Morgan fingerprint density at radius 3 is 2.61 bits per heavy atom. The van der Waals surface area contributed by atoms with Crippen molar-refractivity contribution in [2.45, 2.75) is 26.5 Å². The number of aryl methyl sites for hydroxylation is 1. The van der Waals surface area contributed by atoms with Gasteiger partial charge in [0.25, 0.3) is 0 Å². The van der Waals surface area contributed by atoms with Crippen LogP contribution in [-0.4, -0.2) is 5.11 Å². The Morgan fingerprint density at radius 1 is 1.11 bits per heavy atom. The number of hydrogen-bond acceptors (Lipinski definition) is 2. The fourth-order valence-corrected chi connectivity index (χ4v) is 2.01. The third-order valence-corrected chi connectivity index (χ3v) is 3.15. The van der Waals surface area contributed by atoms with Crippen LogP contribution >= 0.6 is 0 Å². The highest BCUT2D eigenvalue weighted by Gasteiger charge is 2.06. The van der Waals surface area contributed by atoms with Gasteiger partial charge in [-0.25, -0.2) is 0 Å². The lowest BCUT2D eigenvalue weighted by Crippen LogP contribution is -2.07. The zero-order valence-corrected chi connectivity index (χ0v) is 10.9. The summed E-state index contributed by atoms with van der Waals surface area (Å²) in [5.74, 6) is 0. The fraction of sp³-hybridized carbons (Fsp3) is 0.250. The molecule has 2 aromatic rings. The molecule has 2 heteroatoms. The van der Waals surface area contributed by atoms with Crippen molar-refractivity contribution in [1.82, 2.24) is 0 Å². The van der Waals surface area contributed by atoms with E-state index >= 15 is 0 Å². The summed E-state index contributed by atoms with van der Waals surface area (Å²) in [4.78, 5) is 0. The summed E-state index contributed by atoms with van der Waals surface area (Å²) in [6, 6.07) is 16.5. The molecule has 0 radical (unpaired) electrons. The summed E-state index contributed by atoms with van der Waals surface area (Å²) in [5, 5.41) is 12.7. The minimum atomic E-state index is 0.0882. The van der Waals surface area contributed by atoms with Gasteiger partial charge < -0.3 is 10.4 Å². The van der Waals surface area contributed by atoms with Crippen molar-refractivity contribution in [3.8, 4) is 0 Å². The summed E-state index contributed by atoms with van der Waals surface area (Å²) in [7, 11) is 0. The van der Waals surface area contributed by atoms with Gasteiger partial charge in [0.15, 0.2) is 0 Å². The maximum Gasteiger partial charge on any atom is 0.0681 e. The van der Waals surface area contributed by atoms with Gasteiger partial charge in [0, 0.05) is 11.7 Å². The van der Waals surface area contributed by atoms with Gasteiger partial charge in [0.1, 0.15) is 0 Å². The number of para-hydroxylation sites is 1. The quantitative estimate of drug-likeness (QED) is 0.856. The molecule has 0 aliphatic rings. The fourth-order valence-electron chi connectivity index (χ4n) is 2.01. The Morgan fingerprint density at radius 2 is 1.89 bits per heavy atom. The minimum absolute atomic E-state index is 0.0882. The van der Waals surface area contributed by atoms with Gasteiger partial charge in [-0.2, -0.15) is 0 Å². The lowest BCUT2D eigenvalue weighted by molar-refractivity contribution is 0.281. The van der Waals surface area contributed by atoms with Crippen molar-refractivity contribution in [3.63, 3.8) is 0 Å². The zero-order chi connectivity index (χ0) is 13.0. The van der Waals surface area contributed by atoms with E-state index in [1.54, 1.807) is 0 Å². The van der Waals surface area contributed by atoms with Crippen molar-refractivity contribution < 1.29 is 5.11 Å². The van der Waals surface area contributed by atoms with E-state index < -0.39 is 0 Å². The van der Waals surface area contributed by atoms with Gasteiger partial charge in [-0.3, -0.25) is 0 Å². The molecule has 2 N–H and O–H groups in total. The molecule has 1 atom stereocenters. The second kappa shape index (κ2) is 5.69. The van der Waals surface area contributed by atoms with E-state index in [-0.39, 0.29) is 12.6 Å². The van der Waals surface area contributed by atoms with Gasteiger partial charge in [-0.15, -0.1) is 0 Å². The minimum Gasteiger partial charge on any atom is -0.392 e. The first-order valence-corrected chi connectivity index (χ1v) is 6.22. The van der Waals surface area contributed by atoms with E-state index in [0.29, 0.717) is 0 Å².